The lowest BCUT2D eigenvalue weighted by Gasteiger charge is -2.23. The Labute approximate surface area is 156 Å². The second-order valence-corrected chi connectivity index (χ2v) is 5.88. The van der Waals surface area contributed by atoms with Gasteiger partial charge in [0.05, 0.1) is 24.0 Å². The predicted molar refractivity (Wildman–Crippen MR) is 100 cm³/mol. The van der Waals surface area contributed by atoms with Crippen molar-refractivity contribution in [2.75, 3.05) is 23.9 Å². The molecule has 26 heavy (non-hydrogen) atoms. The number of hydrogen-bond donors (Lipinski definition) is 1. The van der Waals surface area contributed by atoms with Crippen LogP contribution in [0.1, 0.15) is 18.9 Å². The second-order valence-electron chi connectivity index (χ2n) is 5.44. The Kier molecular flexibility index (Phi) is 6.59. The molecule has 0 bridgehead atoms. The van der Waals surface area contributed by atoms with Crippen molar-refractivity contribution in [3.05, 3.63) is 53.1 Å². The quantitative estimate of drug-likeness (QED) is 0.840. The van der Waals surface area contributed by atoms with E-state index in [-0.39, 0.29) is 24.8 Å². The second kappa shape index (κ2) is 8.88. The van der Waals surface area contributed by atoms with Crippen LogP contribution < -0.4 is 15.0 Å². The number of rotatable bonds is 6. The summed E-state index contributed by atoms with van der Waals surface area (Å²) in [6, 6.07) is 13.7. The standard InChI is InChI=1S/C19H18ClN3O3/c1-13(24)23(17-11-15(20)7-8-18(17)26-2)10-9-19(25)22-16-6-4-3-5-14(16)12-21/h3-8,11H,9-10H2,1-2H3,(H,22,25). The van der Waals surface area contributed by atoms with Gasteiger partial charge in [-0.15, -0.1) is 0 Å². The van der Waals surface area contributed by atoms with Gasteiger partial charge in [-0.25, -0.2) is 0 Å². The molecule has 2 aromatic rings. The Morgan fingerprint density at radius 1 is 1.27 bits per heavy atom. The molecule has 2 rings (SSSR count). The van der Waals surface area contributed by atoms with Crippen LogP contribution in [0.15, 0.2) is 42.5 Å². The summed E-state index contributed by atoms with van der Waals surface area (Å²) in [7, 11) is 1.50. The van der Waals surface area contributed by atoms with Crippen LogP contribution in [0, 0.1) is 11.3 Å². The van der Waals surface area contributed by atoms with Gasteiger partial charge in [-0.2, -0.15) is 5.26 Å². The molecule has 0 aliphatic carbocycles. The molecule has 1 N–H and O–H groups in total. The smallest absolute Gasteiger partial charge is 0.226 e. The monoisotopic (exact) mass is 371 g/mol. The number of ether oxygens (including phenoxy) is 1. The molecular formula is C19H18ClN3O3. The third-order valence-corrected chi connectivity index (χ3v) is 3.93. The van der Waals surface area contributed by atoms with Crippen molar-refractivity contribution in [1.82, 2.24) is 0 Å². The van der Waals surface area contributed by atoms with E-state index in [1.807, 2.05) is 6.07 Å². The normalized spacial score (nSPS) is 9.92. The highest BCUT2D eigenvalue weighted by Gasteiger charge is 2.18. The van der Waals surface area contributed by atoms with Crippen LogP contribution in [0.2, 0.25) is 5.02 Å². The highest BCUT2D eigenvalue weighted by atomic mass is 35.5. The zero-order valence-corrected chi connectivity index (χ0v) is 15.2. The summed E-state index contributed by atoms with van der Waals surface area (Å²) in [6.45, 7) is 1.55. The molecule has 6 nitrogen and oxygen atoms in total. The summed E-state index contributed by atoms with van der Waals surface area (Å²) in [4.78, 5) is 25.7. The van der Waals surface area contributed by atoms with Crippen molar-refractivity contribution in [1.29, 1.82) is 5.26 Å². The van der Waals surface area contributed by atoms with Gasteiger partial charge in [-0.1, -0.05) is 23.7 Å². The minimum Gasteiger partial charge on any atom is -0.495 e. The number of para-hydroxylation sites is 1. The zero-order chi connectivity index (χ0) is 19.1. The number of hydrogen-bond acceptors (Lipinski definition) is 4. The first kappa shape index (κ1) is 19.3. The van der Waals surface area contributed by atoms with Gasteiger partial charge in [0, 0.05) is 24.9 Å². The molecule has 2 amide bonds. The minimum atomic E-state index is -0.306. The summed E-state index contributed by atoms with van der Waals surface area (Å²) in [5, 5.41) is 12.2. The lowest BCUT2D eigenvalue weighted by Crippen LogP contribution is -2.32. The number of halogens is 1. The van der Waals surface area contributed by atoms with Crippen molar-refractivity contribution in [3.63, 3.8) is 0 Å². The largest absolute Gasteiger partial charge is 0.495 e. The molecule has 0 atom stereocenters. The average molecular weight is 372 g/mol. The Morgan fingerprint density at radius 2 is 2.00 bits per heavy atom. The Morgan fingerprint density at radius 3 is 2.65 bits per heavy atom. The fourth-order valence-corrected chi connectivity index (χ4v) is 2.60. The topological polar surface area (TPSA) is 82.4 Å². The first-order chi connectivity index (χ1) is 12.5. The van der Waals surface area contributed by atoms with E-state index in [1.165, 1.54) is 18.9 Å². The van der Waals surface area contributed by atoms with E-state index >= 15 is 0 Å². The number of anilines is 2. The van der Waals surface area contributed by atoms with Gasteiger partial charge in [0.2, 0.25) is 11.8 Å². The summed E-state index contributed by atoms with van der Waals surface area (Å²) in [5.41, 5.74) is 1.31. The van der Waals surface area contributed by atoms with Crippen molar-refractivity contribution in [3.8, 4) is 11.8 Å². The number of carbonyl (C=O) groups is 2. The van der Waals surface area contributed by atoms with E-state index in [2.05, 4.69) is 5.32 Å². The SMILES string of the molecule is COc1ccc(Cl)cc1N(CCC(=O)Nc1ccccc1C#N)C(C)=O. The van der Waals surface area contributed by atoms with Gasteiger partial charge < -0.3 is 15.0 Å². The Bertz CT molecular complexity index is 861. The fourth-order valence-electron chi connectivity index (χ4n) is 2.44. The Balaban J connectivity index is 2.12. The fraction of sp³-hybridized carbons (Fsp3) is 0.211. The first-order valence-electron chi connectivity index (χ1n) is 7.87. The van der Waals surface area contributed by atoms with Gasteiger partial charge in [0.1, 0.15) is 11.8 Å². The third kappa shape index (κ3) is 4.74. The molecule has 0 radical (unpaired) electrons. The molecule has 0 unspecified atom stereocenters. The predicted octanol–water partition coefficient (Wildman–Crippen LogP) is 3.60. The van der Waals surface area contributed by atoms with Crippen molar-refractivity contribution in [2.24, 2.45) is 0 Å². The van der Waals surface area contributed by atoms with Crippen molar-refractivity contribution < 1.29 is 14.3 Å². The highest BCUT2D eigenvalue weighted by Crippen LogP contribution is 2.31. The maximum absolute atomic E-state index is 12.2. The zero-order valence-electron chi connectivity index (χ0n) is 14.5. The highest BCUT2D eigenvalue weighted by molar-refractivity contribution is 6.31. The number of carbonyl (C=O) groups excluding carboxylic acids is 2. The number of methoxy groups -OCH3 is 1. The molecule has 0 fully saturated rings. The van der Waals surface area contributed by atoms with Crippen LogP contribution in [0.4, 0.5) is 11.4 Å². The summed E-state index contributed by atoms with van der Waals surface area (Å²) in [6.07, 6.45) is 0.0506. The van der Waals surface area contributed by atoms with E-state index in [4.69, 9.17) is 21.6 Å². The molecule has 0 aromatic heterocycles. The van der Waals surface area contributed by atoms with Crippen LogP contribution in [-0.2, 0) is 9.59 Å². The molecule has 2 aromatic carbocycles. The molecule has 0 spiro atoms. The lowest BCUT2D eigenvalue weighted by atomic mass is 10.2. The first-order valence-corrected chi connectivity index (χ1v) is 8.24. The van der Waals surface area contributed by atoms with Crippen LogP contribution in [0.3, 0.4) is 0 Å². The minimum absolute atomic E-state index is 0.0506. The third-order valence-electron chi connectivity index (χ3n) is 3.70. The maximum atomic E-state index is 12.2. The van der Waals surface area contributed by atoms with Crippen molar-refractivity contribution in [2.45, 2.75) is 13.3 Å². The number of nitriles is 1. The molecular weight excluding hydrogens is 354 g/mol. The van der Waals surface area contributed by atoms with Crippen LogP contribution in [0.5, 0.6) is 5.75 Å². The summed E-state index contributed by atoms with van der Waals surface area (Å²) in [5.74, 6) is -0.0597. The molecule has 0 saturated carbocycles. The van der Waals surface area contributed by atoms with Crippen LogP contribution in [-0.4, -0.2) is 25.5 Å². The van der Waals surface area contributed by atoms with E-state index in [0.717, 1.165) is 0 Å². The Hall–Kier alpha value is -3.04. The van der Waals surface area contributed by atoms with Gasteiger partial charge >= 0.3 is 0 Å². The molecule has 0 aliphatic rings. The van der Waals surface area contributed by atoms with Gasteiger partial charge in [0.15, 0.2) is 0 Å². The van der Waals surface area contributed by atoms with E-state index in [0.29, 0.717) is 27.7 Å². The van der Waals surface area contributed by atoms with E-state index in [1.54, 1.807) is 42.5 Å². The number of benzene rings is 2. The molecule has 0 aliphatic heterocycles. The number of amides is 2. The van der Waals surface area contributed by atoms with Gasteiger partial charge in [0.25, 0.3) is 0 Å². The molecule has 0 heterocycles. The van der Waals surface area contributed by atoms with Gasteiger partial charge in [-0.3, -0.25) is 9.59 Å². The molecule has 7 heteroatoms. The summed E-state index contributed by atoms with van der Waals surface area (Å²) >= 11 is 6.02. The van der Waals surface area contributed by atoms with E-state index < -0.39 is 0 Å². The van der Waals surface area contributed by atoms with Crippen molar-refractivity contribution >= 4 is 34.8 Å². The summed E-state index contributed by atoms with van der Waals surface area (Å²) < 4.78 is 5.28. The van der Waals surface area contributed by atoms with Gasteiger partial charge in [-0.05, 0) is 30.3 Å². The average Bonchev–Trinajstić information content (AvgIpc) is 2.62. The molecule has 134 valence electrons. The maximum Gasteiger partial charge on any atom is 0.226 e. The number of nitrogens with zero attached hydrogens (tertiary/aromatic N) is 2. The molecule has 0 saturated heterocycles. The van der Waals surface area contributed by atoms with Crippen LogP contribution >= 0.6 is 11.6 Å². The number of nitrogens with one attached hydrogen (secondary N) is 1. The van der Waals surface area contributed by atoms with Crippen LogP contribution in [0.25, 0.3) is 0 Å². The van der Waals surface area contributed by atoms with E-state index in [9.17, 15) is 9.59 Å². The lowest BCUT2D eigenvalue weighted by molar-refractivity contribution is -0.117.